The van der Waals surface area contributed by atoms with Crippen molar-refractivity contribution in [2.45, 2.75) is 63.4 Å². The molecular formula is C25H35N3O3S. The van der Waals surface area contributed by atoms with Gasteiger partial charge in [-0.25, -0.2) is 13.1 Å². The van der Waals surface area contributed by atoms with E-state index in [0.717, 1.165) is 17.7 Å². The zero-order chi connectivity index (χ0) is 23.2. The van der Waals surface area contributed by atoms with E-state index in [1.54, 1.807) is 12.1 Å². The molecule has 1 amide bonds. The number of rotatable bonds is 9. The molecule has 1 fully saturated rings. The van der Waals surface area contributed by atoms with Crippen LogP contribution in [-0.2, 0) is 33.3 Å². The Bertz CT molecular complexity index is 988. The van der Waals surface area contributed by atoms with Crippen LogP contribution in [0, 0.1) is 0 Å². The van der Waals surface area contributed by atoms with Crippen molar-refractivity contribution >= 4 is 15.9 Å². The van der Waals surface area contributed by atoms with E-state index in [4.69, 9.17) is 0 Å². The molecule has 2 N–H and O–H groups in total. The van der Waals surface area contributed by atoms with E-state index in [2.05, 4.69) is 47.8 Å². The third-order valence-electron chi connectivity index (χ3n) is 5.79. The molecule has 6 nitrogen and oxygen atoms in total. The Morgan fingerprint density at radius 1 is 0.938 bits per heavy atom. The number of hydrogen-bond donors (Lipinski definition) is 2. The standard InChI is InChI=1S/C25H35N3O3S/c1-25(2,3)22-10-12-23(13-11-22)32(30,31)27-15-14-24(29)26-18-20-6-8-21(9-7-20)19-28-16-4-5-17-28/h6-13,27H,4-5,14-19H2,1-3H3,(H,26,29). The quantitative estimate of drug-likeness (QED) is 0.603. The molecule has 0 aliphatic carbocycles. The molecule has 0 spiro atoms. The zero-order valence-electron chi connectivity index (χ0n) is 19.4. The fraction of sp³-hybridized carbons (Fsp3) is 0.480. The molecule has 3 rings (SSSR count). The Hall–Kier alpha value is -2.22. The van der Waals surface area contributed by atoms with Crippen molar-refractivity contribution in [1.29, 1.82) is 0 Å². The Kier molecular flexibility index (Phi) is 8.09. The van der Waals surface area contributed by atoms with Crippen LogP contribution in [0.3, 0.4) is 0 Å². The molecule has 1 saturated heterocycles. The highest BCUT2D eigenvalue weighted by Gasteiger charge is 2.17. The second-order valence-corrected chi connectivity index (χ2v) is 11.3. The summed E-state index contributed by atoms with van der Waals surface area (Å²) in [6, 6.07) is 15.2. The molecule has 32 heavy (non-hydrogen) atoms. The number of hydrogen-bond acceptors (Lipinski definition) is 4. The lowest BCUT2D eigenvalue weighted by Gasteiger charge is -2.19. The maximum absolute atomic E-state index is 12.5. The summed E-state index contributed by atoms with van der Waals surface area (Å²) in [5.74, 6) is -0.183. The second kappa shape index (κ2) is 10.6. The van der Waals surface area contributed by atoms with E-state index in [1.807, 2.05) is 24.3 Å². The highest BCUT2D eigenvalue weighted by atomic mass is 32.2. The smallest absolute Gasteiger partial charge is 0.240 e. The van der Waals surface area contributed by atoms with Gasteiger partial charge >= 0.3 is 0 Å². The van der Waals surface area contributed by atoms with Crippen LogP contribution in [0.4, 0.5) is 0 Å². The van der Waals surface area contributed by atoms with Crippen molar-refractivity contribution in [1.82, 2.24) is 14.9 Å². The molecule has 174 valence electrons. The number of nitrogens with zero attached hydrogens (tertiary/aromatic N) is 1. The van der Waals surface area contributed by atoms with Crippen LogP contribution in [0.15, 0.2) is 53.4 Å². The molecule has 0 saturated carbocycles. The van der Waals surface area contributed by atoms with Crippen LogP contribution >= 0.6 is 0 Å². The van der Waals surface area contributed by atoms with Crippen molar-refractivity contribution in [3.63, 3.8) is 0 Å². The van der Waals surface area contributed by atoms with Crippen LogP contribution < -0.4 is 10.0 Å². The SMILES string of the molecule is CC(C)(C)c1ccc(S(=O)(=O)NCCC(=O)NCc2ccc(CN3CCCC3)cc2)cc1. The monoisotopic (exact) mass is 457 g/mol. The number of carbonyl (C=O) groups is 1. The molecule has 1 heterocycles. The number of amides is 1. The average molecular weight is 458 g/mol. The molecule has 2 aromatic carbocycles. The van der Waals surface area contributed by atoms with Crippen LogP contribution in [-0.4, -0.2) is 38.9 Å². The Balaban J connectivity index is 1.40. The van der Waals surface area contributed by atoms with E-state index in [9.17, 15) is 13.2 Å². The number of benzene rings is 2. The summed E-state index contributed by atoms with van der Waals surface area (Å²) >= 11 is 0. The van der Waals surface area contributed by atoms with Crippen LogP contribution in [0.5, 0.6) is 0 Å². The summed E-state index contributed by atoms with van der Waals surface area (Å²) in [7, 11) is -3.63. The summed E-state index contributed by atoms with van der Waals surface area (Å²) in [5, 5.41) is 2.86. The molecule has 1 aliphatic heterocycles. The Morgan fingerprint density at radius 3 is 2.12 bits per heavy atom. The molecule has 0 aromatic heterocycles. The first-order valence-corrected chi connectivity index (χ1v) is 12.8. The van der Waals surface area contributed by atoms with E-state index < -0.39 is 10.0 Å². The van der Waals surface area contributed by atoms with E-state index >= 15 is 0 Å². The predicted octanol–water partition coefficient (Wildman–Crippen LogP) is 3.56. The summed E-state index contributed by atoms with van der Waals surface area (Å²) in [6.07, 6.45) is 2.65. The van der Waals surface area contributed by atoms with E-state index in [-0.39, 0.29) is 29.2 Å². The van der Waals surface area contributed by atoms with Crippen molar-refractivity contribution in [2.75, 3.05) is 19.6 Å². The fourth-order valence-corrected chi connectivity index (χ4v) is 4.80. The Morgan fingerprint density at radius 2 is 1.53 bits per heavy atom. The van der Waals surface area contributed by atoms with Gasteiger partial charge in [-0.1, -0.05) is 57.2 Å². The molecular weight excluding hydrogens is 422 g/mol. The van der Waals surface area contributed by atoms with Crippen molar-refractivity contribution < 1.29 is 13.2 Å². The maximum atomic E-state index is 12.5. The summed E-state index contributed by atoms with van der Waals surface area (Å²) in [5.41, 5.74) is 3.34. The van der Waals surface area contributed by atoms with E-state index in [0.29, 0.717) is 6.54 Å². The molecule has 0 unspecified atom stereocenters. The van der Waals surface area contributed by atoms with Gasteiger partial charge in [-0.3, -0.25) is 9.69 Å². The molecule has 2 aromatic rings. The van der Waals surface area contributed by atoms with Gasteiger partial charge in [0.2, 0.25) is 15.9 Å². The van der Waals surface area contributed by atoms with Crippen LogP contribution in [0.25, 0.3) is 0 Å². The second-order valence-electron chi connectivity index (χ2n) is 9.50. The summed E-state index contributed by atoms with van der Waals surface area (Å²) < 4.78 is 27.4. The fourth-order valence-electron chi connectivity index (χ4n) is 3.77. The van der Waals surface area contributed by atoms with Gasteiger partial charge in [0, 0.05) is 26.1 Å². The first kappa shape index (κ1) is 24.4. The molecule has 7 heteroatoms. The highest BCUT2D eigenvalue weighted by Crippen LogP contribution is 2.23. The van der Waals surface area contributed by atoms with Gasteiger partial charge in [-0.2, -0.15) is 0 Å². The number of sulfonamides is 1. The minimum atomic E-state index is -3.63. The van der Waals surface area contributed by atoms with Gasteiger partial charge in [0.15, 0.2) is 0 Å². The van der Waals surface area contributed by atoms with Gasteiger partial charge in [-0.15, -0.1) is 0 Å². The minimum absolute atomic E-state index is 0.0397. The van der Waals surface area contributed by atoms with Gasteiger partial charge in [0.05, 0.1) is 4.90 Å². The lowest BCUT2D eigenvalue weighted by molar-refractivity contribution is -0.121. The predicted molar refractivity (Wildman–Crippen MR) is 128 cm³/mol. The first-order valence-electron chi connectivity index (χ1n) is 11.3. The van der Waals surface area contributed by atoms with Gasteiger partial charge in [-0.05, 0) is 60.2 Å². The van der Waals surface area contributed by atoms with Crippen LogP contribution in [0.2, 0.25) is 0 Å². The van der Waals surface area contributed by atoms with Gasteiger partial charge in [0.25, 0.3) is 0 Å². The topological polar surface area (TPSA) is 78.5 Å². The minimum Gasteiger partial charge on any atom is -0.352 e. The third-order valence-corrected chi connectivity index (χ3v) is 7.27. The van der Waals surface area contributed by atoms with Crippen molar-refractivity contribution in [2.24, 2.45) is 0 Å². The molecule has 0 bridgehead atoms. The first-order chi connectivity index (χ1) is 15.1. The largest absolute Gasteiger partial charge is 0.352 e. The normalized spacial score (nSPS) is 15.1. The third kappa shape index (κ3) is 7.15. The highest BCUT2D eigenvalue weighted by molar-refractivity contribution is 7.89. The zero-order valence-corrected chi connectivity index (χ0v) is 20.2. The van der Waals surface area contributed by atoms with E-state index in [1.165, 1.54) is 31.5 Å². The lowest BCUT2D eigenvalue weighted by Crippen LogP contribution is -2.30. The summed E-state index contributed by atoms with van der Waals surface area (Å²) in [4.78, 5) is 14.8. The molecule has 0 radical (unpaired) electrons. The average Bonchev–Trinajstić information content (AvgIpc) is 3.26. The number of nitrogens with one attached hydrogen (secondary N) is 2. The molecule has 0 atom stereocenters. The number of carbonyl (C=O) groups excluding carboxylic acids is 1. The maximum Gasteiger partial charge on any atom is 0.240 e. The lowest BCUT2D eigenvalue weighted by atomic mass is 9.87. The molecule has 1 aliphatic rings. The van der Waals surface area contributed by atoms with Crippen molar-refractivity contribution in [3.05, 3.63) is 65.2 Å². The van der Waals surface area contributed by atoms with Gasteiger partial charge < -0.3 is 5.32 Å². The number of likely N-dealkylation sites (tertiary alicyclic amines) is 1. The van der Waals surface area contributed by atoms with Crippen LogP contribution in [0.1, 0.15) is 56.7 Å². The Labute approximate surface area is 192 Å². The van der Waals surface area contributed by atoms with Gasteiger partial charge in [0.1, 0.15) is 0 Å². The van der Waals surface area contributed by atoms with Crippen molar-refractivity contribution in [3.8, 4) is 0 Å². The summed E-state index contributed by atoms with van der Waals surface area (Å²) in [6.45, 7) is 10.1.